The van der Waals surface area contributed by atoms with E-state index in [9.17, 15) is 5.26 Å². The lowest BCUT2D eigenvalue weighted by Gasteiger charge is -2.30. The molecular weight excluding hydrogens is 324 g/mol. The molecule has 0 unspecified atom stereocenters. The number of hydrogen-bond acceptors (Lipinski definition) is 5. The second-order valence-corrected chi connectivity index (χ2v) is 6.15. The van der Waals surface area contributed by atoms with Crippen molar-refractivity contribution in [1.82, 2.24) is 9.88 Å². The van der Waals surface area contributed by atoms with Crippen molar-refractivity contribution in [1.29, 1.82) is 5.26 Å². The van der Waals surface area contributed by atoms with E-state index in [1.165, 1.54) is 5.56 Å². The van der Waals surface area contributed by atoms with Gasteiger partial charge in [-0.05, 0) is 17.5 Å². The highest BCUT2D eigenvalue weighted by Crippen LogP contribution is 2.32. The summed E-state index contributed by atoms with van der Waals surface area (Å²) in [6.07, 6.45) is 0.765. The Bertz CT molecular complexity index is 758. The number of nitrogens with zero attached hydrogens (tertiary/aromatic N) is 3. The highest BCUT2D eigenvalue weighted by molar-refractivity contribution is 6.30. The molecular formula is C18H19ClN4O. The molecule has 24 heavy (non-hydrogen) atoms. The lowest BCUT2D eigenvalue weighted by atomic mass is 9.96. The van der Waals surface area contributed by atoms with E-state index >= 15 is 0 Å². The van der Waals surface area contributed by atoms with E-state index in [-0.39, 0.29) is 11.8 Å². The summed E-state index contributed by atoms with van der Waals surface area (Å²) >= 11 is 6.16. The number of rotatable bonds is 5. The number of aliphatic hydroxyl groups is 1. The van der Waals surface area contributed by atoms with Crippen LogP contribution in [0.3, 0.4) is 0 Å². The van der Waals surface area contributed by atoms with E-state index in [4.69, 9.17) is 16.7 Å². The van der Waals surface area contributed by atoms with Crippen molar-refractivity contribution >= 4 is 17.4 Å². The Balaban J connectivity index is 1.89. The average molecular weight is 343 g/mol. The molecule has 0 fully saturated rings. The monoisotopic (exact) mass is 342 g/mol. The molecule has 5 nitrogen and oxygen atoms in total. The van der Waals surface area contributed by atoms with Crippen LogP contribution in [0.2, 0.25) is 5.15 Å². The molecule has 3 rings (SSSR count). The topological polar surface area (TPSA) is 72.2 Å². The van der Waals surface area contributed by atoms with Gasteiger partial charge in [0.25, 0.3) is 0 Å². The van der Waals surface area contributed by atoms with Gasteiger partial charge in [-0.1, -0.05) is 41.9 Å². The van der Waals surface area contributed by atoms with E-state index < -0.39 is 0 Å². The van der Waals surface area contributed by atoms with E-state index in [2.05, 4.69) is 33.4 Å². The molecule has 1 aromatic heterocycles. The standard InChI is InChI=1S/C18H19ClN4O/c19-17-15(10-20)14-6-8-23(11-13-4-2-1-3-5-13)12-16(14)18(22-17)21-7-9-24/h1-5,24H,6-9,11-12H2,(H,21,22). The number of anilines is 1. The van der Waals surface area contributed by atoms with E-state index in [1.54, 1.807) is 0 Å². The van der Waals surface area contributed by atoms with Crippen molar-refractivity contribution in [3.63, 3.8) is 0 Å². The first-order chi connectivity index (χ1) is 11.7. The summed E-state index contributed by atoms with van der Waals surface area (Å²) in [5.74, 6) is 0.667. The van der Waals surface area contributed by atoms with Crippen LogP contribution in [-0.2, 0) is 19.5 Å². The molecule has 0 radical (unpaired) electrons. The maximum absolute atomic E-state index is 9.39. The molecule has 2 N–H and O–H groups in total. The third-order valence-corrected chi connectivity index (χ3v) is 4.47. The predicted octanol–water partition coefficient (Wildman–Crippen LogP) is 2.57. The van der Waals surface area contributed by atoms with E-state index in [0.29, 0.717) is 24.5 Å². The second-order valence-electron chi connectivity index (χ2n) is 5.79. The molecule has 0 bridgehead atoms. The van der Waals surface area contributed by atoms with Gasteiger partial charge in [0, 0.05) is 31.7 Å². The van der Waals surface area contributed by atoms with Gasteiger partial charge < -0.3 is 10.4 Å². The number of hydrogen-bond donors (Lipinski definition) is 2. The number of benzene rings is 1. The summed E-state index contributed by atoms with van der Waals surface area (Å²) in [4.78, 5) is 6.66. The largest absolute Gasteiger partial charge is 0.395 e. The molecule has 2 heterocycles. The van der Waals surface area contributed by atoms with Crippen molar-refractivity contribution in [2.75, 3.05) is 25.0 Å². The second kappa shape index (κ2) is 7.63. The Labute approximate surface area is 146 Å². The number of fused-ring (bicyclic) bond motifs is 1. The summed E-state index contributed by atoms with van der Waals surface area (Å²) in [6, 6.07) is 12.5. The Morgan fingerprint density at radius 2 is 2.08 bits per heavy atom. The lowest BCUT2D eigenvalue weighted by Crippen LogP contribution is -2.32. The maximum Gasteiger partial charge on any atom is 0.149 e. The zero-order valence-electron chi connectivity index (χ0n) is 13.3. The van der Waals surface area contributed by atoms with Gasteiger partial charge in [-0.15, -0.1) is 0 Å². The minimum absolute atomic E-state index is 0.0157. The molecule has 1 aromatic carbocycles. The number of aliphatic hydroxyl groups excluding tert-OH is 1. The molecule has 124 valence electrons. The van der Waals surface area contributed by atoms with Gasteiger partial charge in [-0.3, -0.25) is 4.90 Å². The molecule has 1 aliphatic heterocycles. The molecule has 0 amide bonds. The smallest absolute Gasteiger partial charge is 0.149 e. The summed E-state index contributed by atoms with van der Waals surface area (Å²) < 4.78 is 0. The van der Waals surface area contributed by atoms with Crippen LogP contribution in [0.15, 0.2) is 30.3 Å². The highest BCUT2D eigenvalue weighted by atomic mass is 35.5. The Morgan fingerprint density at radius 1 is 1.29 bits per heavy atom. The zero-order valence-corrected chi connectivity index (χ0v) is 14.1. The predicted molar refractivity (Wildman–Crippen MR) is 93.8 cm³/mol. The van der Waals surface area contributed by atoms with Gasteiger partial charge in [0.05, 0.1) is 12.2 Å². The molecule has 0 atom stereocenters. The van der Waals surface area contributed by atoms with Crippen LogP contribution in [0.25, 0.3) is 0 Å². The summed E-state index contributed by atoms with van der Waals surface area (Å²) in [5, 5.41) is 21.8. The quantitative estimate of drug-likeness (QED) is 0.817. The van der Waals surface area contributed by atoms with Gasteiger partial charge in [-0.25, -0.2) is 4.98 Å². The fourth-order valence-electron chi connectivity index (χ4n) is 3.07. The molecule has 0 aliphatic carbocycles. The van der Waals surface area contributed by atoms with Crippen LogP contribution >= 0.6 is 11.6 Å². The van der Waals surface area contributed by atoms with Gasteiger partial charge in [0.2, 0.25) is 0 Å². The number of aromatic nitrogens is 1. The minimum atomic E-state index is 0.0157. The first-order valence-corrected chi connectivity index (χ1v) is 8.33. The Kier molecular flexibility index (Phi) is 5.31. The van der Waals surface area contributed by atoms with Crippen molar-refractivity contribution in [2.45, 2.75) is 19.5 Å². The number of nitrogens with one attached hydrogen (secondary N) is 1. The van der Waals surface area contributed by atoms with E-state index in [0.717, 1.165) is 30.6 Å². The summed E-state index contributed by atoms with van der Waals surface area (Å²) in [5.41, 5.74) is 3.71. The van der Waals surface area contributed by atoms with Crippen molar-refractivity contribution in [3.05, 3.63) is 57.7 Å². The van der Waals surface area contributed by atoms with Gasteiger partial charge in [0.1, 0.15) is 17.0 Å². The third kappa shape index (κ3) is 3.51. The minimum Gasteiger partial charge on any atom is -0.395 e. The average Bonchev–Trinajstić information content (AvgIpc) is 2.61. The summed E-state index contributed by atoms with van der Waals surface area (Å²) in [7, 11) is 0. The van der Waals surface area contributed by atoms with Crippen LogP contribution in [0.5, 0.6) is 0 Å². The fourth-order valence-corrected chi connectivity index (χ4v) is 3.31. The maximum atomic E-state index is 9.39. The van der Waals surface area contributed by atoms with Crippen LogP contribution in [0.4, 0.5) is 5.82 Å². The normalized spacial score (nSPS) is 14.0. The molecule has 1 aliphatic rings. The SMILES string of the molecule is N#Cc1c(Cl)nc(NCCO)c2c1CCN(Cc1ccccc1)C2. The van der Waals surface area contributed by atoms with Gasteiger partial charge >= 0.3 is 0 Å². The Morgan fingerprint density at radius 3 is 2.79 bits per heavy atom. The fraction of sp³-hybridized carbons (Fsp3) is 0.333. The molecule has 0 saturated carbocycles. The van der Waals surface area contributed by atoms with Crippen LogP contribution < -0.4 is 5.32 Å². The first-order valence-electron chi connectivity index (χ1n) is 7.95. The number of pyridine rings is 1. The number of nitriles is 1. The van der Waals surface area contributed by atoms with Crippen LogP contribution in [0, 0.1) is 11.3 Å². The molecule has 0 spiro atoms. The number of halogens is 1. The van der Waals surface area contributed by atoms with Crippen molar-refractivity contribution in [2.24, 2.45) is 0 Å². The van der Waals surface area contributed by atoms with Gasteiger partial charge in [-0.2, -0.15) is 5.26 Å². The molecule has 6 heteroatoms. The lowest BCUT2D eigenvalue weighted by molar-refractivity contribution is 0.245. The van der Waals surface area contributed by atoms with Gasteiger partial charge in [0.15, 0.2) is 0 Å². The Hall–Kier alpha value is -2.13. The third-order valence-electron chi connectivity index (χ3n) is 4.19. The van der Waals surface area contributed by atoms with Crippen molar-refractivity contribution < 1.29 is 5.11 Å². The zero-order chi connectivity index (χ0) is 16.9. The van der Waals surface area contributed by atoms with Crippen molar-refractivity contribution in [3.8, 4) is 6.07 Å². The first kappa shape index (κ1) is 16.7. The molecule has 2 aromatic rings. The van der Waals surface area contributed by atoms with Crippen LogP contribution in [-0.4, -0.2) is 34.7 Å². The van der Waals surface area contributed by atoms with E-state index in [1.807, 2.05) is 18.2 Å². The summed E-state index contributed by atoms with van der Waals surface area (Å²) in [6.45, 7) is 2.85. The molecule has 0 saturated heterocycles. The highest BCUT2D eigenvalue weighted by Gasteiger charge is 2.25. The van der Waals surface area contributed by atoms with Crippen LogP contribution in [0.1, 0.15) is 22.3 Å².